The van der Waals surface area contributed by atoms with Crippen molar-refractivity contribution in [3.8, 4) is 5.75 Å². The van der Waals surface area contributed by atoms with E-state index < -0.39 is 34.0 Å². The number of nitrogens with one attached hydrogen (secondary N) is 1. The predicted molar refractivity (Wildman–Crippen MR) is 146 cm³/mol. The van der Waals surface area contributed by atoms with Gasteiger partial charge in [-0.2, -0.15) is 4.31 Å². The second-order valence-electron chi connectivity index (χ2n) is 9.95. The van der Waals surface area contributed by atoms with Crippen LogP contribution in [0.5, 0.6) is 5.75 Å². The molecule has 3 rings (SSSR count). The molecule has 1 aliphatic rings. The van der Waals surface area contributed by atoms with Crippen molar-refractivity contribution in [2.45, 2.75) is 62.4 Å². The molecule has 1 fully saturated rings. The van der Waals surface area contributed by atoms with Crippen LogP contribution in [0.1, 0.15) is 38.7 Å². The third-order valence-electron chi connectivity index (χ3n) is 7.10. The number of amides is 1. The highest BCUT2D eigenvalue weighted by atomic mass is 32.2. The van der Waals surface area contributed by atoms with Gasteiger partial charge in [-0.3, -0.25) is 0 Å². The normalized spacial score (nSPS) is 17.5. The van der Waals surface area contributed by atoms with Crippen molar-refractivity contribution in [2.75, 3.05) is 33.4 Å². The van der Waals surface area contributed by atoms with Gasteiger partial charge in [0, 0.05) is 19.5 Å². The van der Waals surface area contributed by atoms with E-state index in [9.17, 15) is 23.4 Å². The molecule has 216 valence electrons. The fraction of sp³-hybridized carbons (Fsp3) is 0.536. The average Bonchev–Trinajstić information content (AvgIpc) is 3.36. The first-order valence-corrected chi connectivity index (χ1v) is 14.6. The Morgan fingerprint density at radius 3 is 2.31 bits per heavy atom. The molecule has 0 aromatic heterocycles. The Morgan fingerprint density at radius 2 is 1.74 bits per heavy atom. The average molecular weight is 565 g/mol. The fourth-order valence-electron chi connectivity index (χ4n) is 4.69. The predicted octanol–water partition coefficient (Wildman–Crippen LogP) is 3.50. The number of methoxy groups -OCH3 is 1. The maximum absolute atomic E-state index is 13.8. The van der Waals surface area contributed by atoms with Gasteiger partial charge in [-0.25, -0.2) is 13.2 Å². The Bertz CT molecular complexity index is 1140. The van der Waals surface area contributed by atoms with E-state index >= 15 is 0 Å². The molecule has 1 heterocycles. The van der Waals surface area contributed by atoms with Gasteiger partial charge in [0.05, 0.1) is 37.4 Å². The van der Waals surface area contributed by atoms with E-state index in [1.807, 2.05) is 44.2 Å². The van der Waals surface area contributed by atoms with Crippen molar-refractivity contribution in [3.05, 3.63) is 60.2 Å². The third kappa shape index (κ3) is 8.91. The number of hydrogen-bond donors (Lipinski definition) is 3. The summed E-state index contributed by atoms with van der Waals surface area (Å²) >= 11 is 0. The van der Waals surface area contributed by atoms with Gasteiger partial charge < -0.3 is 29.7 Å². The second-order valence-corrected chi connectivity index (χ2v) is 11.9. The lowest BCUT2D eigenvalue weighted by Crippen LogP contribution is -2.51. The highest BCUT2D eigenvalue weighted by Crippen LogP contribution is 2.29. The zero-order valence-electron chi connectivity index (χ0n) is 22.8. The number of carbonyl (C=O) groups is 1. The Labute approximate surface area is 230 Å². The van der Waals surface area contributed by atoms with Crippen LogP contribution in [-0.2, 0) is 25.9 Å². The summed E-state index contributed by atoms with van der Waals surface area (Å²) in [5, 5.41) is 23.0. The molecule has 1 aliphatic heterocycles. The molecule has 0 aliphatic carbocycles. The highest BCUT2D eigenvalue weighted by molar-refractivity contribution is 7.89. The molecule has 1 unspecified atom stereocenters. The molecule has 11 heteroatoms. The van der Waals surface area contributed by atoms with Crippen LogP contribution in [0.3, 0.4) is 0 Å². The topological polar surface area (TPSA) is 135 Å². The molecule has 0 spiro atoms. The number of rotatable bonds is 15. The van der Waals surface area contributed by atoms with E-state index in [-0.39, 0.29) is 30.3 Å². The Morgan fingerprint density at radius 1 is 1.10 bits per heavy atom. The van der Waals surface area contributed by atoms with Crippen molar-refractivity contribution in [1.29, 1.82) is 0 Å². The lowest BCUT2D eigenvalue weighted by molar-refractivity contribution is -0.149. The number of aliphatic hydroxyl groups excluding tert-OH is 1. The van der Waals surface area contributed by atoms with E-state index in [0.717, 1.165) is 5.56 Å². The van der Waals surface area contributed by atoms with Gasteiger partial charge in [-0.05, 0) is 55.5 Å². The van der Waals surface area contributed by atoms with E-state index in [4.69, 9.17) is 14.2 Å². The van der Waals surface area contributed by atoms with Gasteiger partial charge in [0.1, 0.15) is 5.75 Å². The first-order chi connectivity index (χ1) is 18.6. The van der Waals surface area contributed by atoms with Crippen LogP contribution in [0.15, 0.2) is 59.5 Å². The first kappa shape index (κ1) is 30.8. The van der Waals surface area contributed by atoms with Crippen molar-refractivity contribution in [3.63, 3.8) is 0 Å². The monoisotopic (exact) mass is 564 g/mol. The van der Waals surface area contributed by atoms with Gasteiger partial charge in [0.15, 0.2) is 5.79 Å². The highest BCUT2D eigenvalue weighted by Gasteiger charge is 2.35. The summed E-state index contributed by atoms with van der Waals surface area (Å²) < 4.78 is 45.5. The molecule has 2 aromatic rings. The van der Waals surface area contributed by atoms with Crippen LogP contribution in [-0.4, -0.2) is 80.4 Å². The van der Waals surface area contributed by atoms with Gasteiger partial charge >= 0.3 is 6.09 Å². The number of hydrogen-bond acceptors (Lipinski definition) is 7. The molecule has 3 atom stereocenters. The number of nitrogens with zero attached hydrogens (tertiary/aromatic N) is 1. The minimum atomic E-state index is -4.03. The quantitative estimate of drug-likeness (QED) is 0.299. The maximum atomic E-state index is 13.8. The van der Waals surface area contributed by atoms with Gasteiger partial charge in [-0.1, -0.05) is 43.7 Å². The largest absolute Gasteiger partial charge is 0.497 e. The number of ether oxygens (including phenoxy) is 3. The van der Waals surface area contributed by atoms with Crippen molar-refractivity contribution in [2.24, 2.45) is 5.92 Å². The van der Waals surface area contributed by atoms with Crippen LogP contribution in [0.25, 0.3) is 0 Å². The van der Waals surface area contributed by atoms with Gasteiger partial charge in [0.2, 0.25) is 10.0 Å². The summed E-state index contributed by atoms with van der Waals surface area (Å²) in [5.41, 5.74) is 0.816. The summed E-state index contributed by atoms with van der Waals surface area (Å²) in [6, 6.07) is 14.3. The molecule has 39 heavy (non-hydrogen) atoms. The Balaban J connectivity index is 1.85. The zero-order valence-corrected chi connectivity index (χ0v) is 23.6. The molecule has 1 saturated heterocycles. The van der Waals surface area contributed by atoms with Crippen molar-refractivity contribution >= 4 is 16.1 Å². The molecular formula is C28H40N2O8S. The maximum Gasteiger partial charge on any atom is 0.404 e. The summed E-state index contributed by atoms with van der Waals surface area (Å²) in [7, 11) is -2.53. The first-order valence-electron chi connectivity index (χ1n) is 13.2. The van der Waals surface area contributed by atoms with E-state index in [1.54, 1.807) is 12.1 Å². The molecular weight excluding hydrogens is 524 g/mol. The lowest BCUT2D eigenvalue weighted by atomic mass is 9.96. The summed E-state index contributed by atoms with van der Waals surface area (Å²) in [5.74, 6) is -0.223. The smallest absolute Gasteiger partial charge is 0.404 e. The van der Waals surface area contributed by atoms with E-state index in [1.165, 1.54) is 23.5 Å². The molecule has 0 bridgehead atoms. The van der Waals surface area contributed by atoms with Crippen LogP contribution in [0, 0.1) is 5.92 Å². The van der Waals surface area contributed by atoms with Crippen LogP contribution in [0.2, 0.25) is 0 Å². The molecule has 0 saturated carbocycles. The number of benzene rings is 2. The van der Waals surface area contributed by atoms with Crippen LogP contribution in [0.4, 0.5) is 4.79 Å². The van der Waals surface area contributed by atoms with E-state index in [2.05, 4.69) is 5.32 Å². The minimum absolute atomic E-state index is 0.0464. The summed E-state index contributed by atoms with van der Waals surface area (Å²) in [4.78, 5) is 11.6. The standard InChI is InChI=1S/C28H40N2O8S/c1-4-21(14-15-28(2)37-16-17-38-28)19-30(39(34,35)24-12-10-23(36-3)11-13-24)20-26(31)25(29-27(32)33)18-22-8-6-5-7-9-22/h5-13,21,25-26,29,31H,4,14-20H2,1-3H3,(H,32,33)/t21?,25-,26+/m0/s1. The third-order valence-corrected chi connectivity index (χ3v) is 8.95. The van der Waals surface area contributed by atoms with Crippen molar-refractivity contribution < 1.29 is 37.6 Å². The number of sulfonamides is 1. The Hall–Kier alpha value is -2.70. The molecule has 3 N–H and O–H groups in total. The zero-order chi connectivity index (χ0) is 28.5. The fourth-order valence-corrected chi connectivity index (χ4v) is 6.23. The van der Waals surface area contributed by atoms with Crippen molar-refractivity contribution in [1.82, 2.24) is 9.62 Å². The Kier molecular flexibility index (Phi) is 11.1. The second kappa shape index (κ2) is 14.1. The van der Waals surface area contributed by atoms with Gasteiger partial charge in [-0.15, -0.1) is 0 Å². The molecule has 2 aromatic carbocycles. The van der Waals surface area contributed by atoms with E-state index in [0.29, 0.717) is 38.2 Å². The molecule has 10 nitrogen and oxygen atoms in total. The number of carboxylic acid groups (broad SMARTS) is 1. The van der Waals surface area contributed by atoms with Crippen LogP contribution < -0.4 is 10.1 Å². The van der Waals surface area contributed by atoms with Crippen LogP contribution >= 0.6 is 0 Å². The molecule has 1 amide bonds. The number of aliphatic hydroxyl groups is 1. The summed E-state index contributed by atoms with van der Waals surface area (Å²) in [6.45, 7) is 4.78. The summed E-state index contributed by atoms with van der Waals surface area (Å²) in [6.07, 6.45) is -0.446. The molecule has 0 radical (unpaired) electrons. The van der Waals surface area contributed by atoms with Gasteiger partial charge in [0.25, 0.3) is 0 Å². The lowest BCUT2D eigenvalue weighted by Gasteiger charge is -2.32. The SMILES string of the molecule is CCC(CCC1(C)OCCO1)CN(C[C@@H](O)[C@H](Cc1ccccc1)NC(=O)O)S(=O)(=O)c1ccc(OC)cc1. The minimum Gasteiger partial charge on any atom is -0.497 e.